The summed E-state index contributed by atoms with van der Waals surface area (Å²) >= 11 is 0. The van der Waals surface area contributed by atoms with Crippen molar-refractivity contribution in [2.75, 3.05) is 0 Å². The average molecular weight is 709 g/mol. The Hall–Kier alpha value is -6.74. The van der Waals surface area contributed by atoms with Crippen molar-refractivity contribution >= 4 is 11.1 Å². The molecule has 0 fully saturated rings. The molecule has 55 heavy (non-hydrogen) atoms. The zero-order chi connectivity index (χ0) is 38.1. The molecule has 6 aromatic carbocycles. The number of nitrogens with zero attached hydrogens (tertiary/aromatic N) is 2. The SMILES string of the molecule is CC/C(=C\C=C/Cc1cc(-c2cccc(C)c2)cc(-c2cc(C3=CCC(C)C=C3)cc(-c3cccc(-c4cccc(C#N)c4)c3)c2)c1)c1cccc(C#N)c1. The smallest absolute Gasteiger partial charge is 0.0991 e. The highest BCUT2D eigenvalue weighted by molar-refractivity contribution is 5.86. The predicted molar refractivity (Wildman–Crippen MR) is 231 cm³/mol. The summed E-state index contributed by atoms with van der Waals surface area (Å²) in [5.74, 6) is 0.528. The predicted octanol–water partition coefficient (Wildman–Crippen LogP) is 14.0. The first kappa shape index (κ1) is 36.6. The summed E-state index contributed by atoms with van der Waals surface area (Å²) in [6, 6.07) is 51.6. The first-order valence-electron chi connectivity index (χ1n) is 19.1. The van der Waals surface area contributed by atoms with Gasteiger partial charge in [0.25, 0.3) is 0 Å². The highest BCUT2D eigenvalue weighted by Crippen LogP contribution is 2.37. The minimum Gasteiger partial charge on any atom is -0.192 e. The first-order valence-corrected chi connectivity index (χ1v) is 19.1. The molecule has 2 nitrogen and oxygen atoms in total. The highest BCUT2D eigenvalue weighted by Gasteiger charge is 2.13. The van der Waals surface area contributed by atoms with Gasteiger partial charge in [0.05, 0.1) is 23.3 Å². The zero-order valence-corrected chi connectivity index (χ0v) is 31.8. The van der Waals surface area contributed by atoms with E-state index in [0.29, 0.717) is 17.0 Å². The fourth-order valence-corrected chi connectivity index (χ4v) is 7.28. The highest BCUT2D eigenvalue weighted by atomic mass is 14.2. The van der Waals surface area contributed by atoms with Gasteiger partial charge in [-0.05, 0) is 159 Å². The van der Waals surface area contributed by atoms with Crippen LogP contribution in [0, 0.1) is 35.5 Å². The second kappa shape index (κ2) is 16.9. The van der Waals surface area contributed by atoms with E-state index >= 15 is 0 Å². The Morgan fingerprint density at radius 3 is 1.85 bits per heavy atom. The van der Waals surface area contributed by atoms with Crippen LogP contribution in [0.5, 0.6) is 0 Å². The Balaban J connectivity index is 1.32. The third-order valence-corrected chi connectivity index (χ3v) is 10.3. The number of aryl methyl sites for hydroxylation is 1. The van der Waals surface area contributed by atoms with Crippen LogP contribution in [0.25, 0.3) is 55.7 Å². The average Bonchev–Trinajstić information content (AvgIpc) is 3.23. The molecule has 1 aliphatic carbocycles. The molecule has 7 rings (SSSR count). The summed E-state index contributed by atoms with van der Waals surface area (Å²) < 4.78 is 0. The minimum absolute atomic E-state index is 0.528. The molecule has 0 aromatic heterocycles. The molecule has 0 heterocycles. The lowest BCUT2D eigenvalue weighted by Gasteiger charge is -2.17. The fraction of sp³-hybridized carbons (Fsp3) is 0.132. The second-order valence-electron chi connectivity index (χ2n) is 14.5. The quantitative estimate of drug-likeness (QED) is 0.133. The van der Waals surface area contributed by atoms with Crippen molar-refractivity contribution in [2.45, 2.75) is 40.0 Å². The van der Waals surface area contributed by atoms with Gasteiger partial charge in [-0.3, -0.25) is 0 Å². The summed E-state index contributed by atoms with van der Waals surface area (Å²) in [4.78, 5) is 0. The molecule has 1 aliphatic rings. The van der Waals surface area contributed by atoms with Crippen molar-refractivity contribution in [1.29, 1.82) is 10.5 Å². The molecule has 0 N–H and O–H groups in total. The Labute approximate surface area is 326 Å². The van der Waals surface area contributed by atoms with Crippen molar-refractivity contribution in [2.24, 2.45) is 5.92 Å². The first-order chi connectivity index (χ1) is 26.9. The second-order valence-corrected chi connectivity index (χ2v) is 14.5. The number of allylic oxidation sites excluding steroid dienone is 8. The van der Waals surface area contributed by atoms with Gasteiger partial charge in [-0.25, -0.2) is 0 Å². The van der Waals surface area contributed by atoms with E-state index in [1.165, 1.54) is 50.1 Å². The van der Waals surface area contributed by atoms with E-state index in [0.717, 1.165) is 47.1 Å². The summed E-state index contributed by atoms with van der Waals surface area (Å²) in [7, 11) is 0. The number of nitriles is 2. The molecule has 0 bridgehead atoms. The Bertz CT molecular complexity index is 2580. The van der Waals surface area contributed by atoms with Crippen LogP contribution < -0.4 is 0 Å². The van der Waals surface area contributed by atoms with Crippen molar-refractivity contribution in [3.05, 3.63) is 203 Å². The van der Waals surface area contributed by atoms with Crippen LogP contribution in [-0.2, 0) is 6.42 Å². The van der Waals surface area contributed by atoms with E-state index < -0.39 is 0 Å². The van der Waals surface area contributed by atoms with Gasteiger partial charge in [0, 0.05) is 0 Å². The maximum absolute atomic E-state index is 9.55. The van der Waals surface area contributed by atoms with E-state index in [1.54, 1.807) is 0 Å². The molecular weight excluding hydrogens is 665 g/mol. The number of rotatable bonds is 10. The van der Waals surface area contributed by atoms with Crippen molar-refractivity contribution in [3.8, 4) is 56.6 Å². The molecular formula is C53H44N2. The topological polar surface area (TPSA) is 47.6 Å². The largest absolute Gasteiger partial charge is 0.192 e. The molecule has 0 radical (unpaired) electrons. The van der Waals surface area contributed by atoms with Crippen molar-refractivity contribution in [1.82, 2.24) is 0 Å². The van der Waals surface area contributed by atoms with Crippen LogP contribution in [0.15, 0.2) is 170 Å². The van der Waals surface area contributed by atoms with Gasteiger partial charge >= 0.3 is 0 Å². The van der Waals surface area contributed by atoms with E-state index in [-0.39, 0.29) is 0 Å². The minimum atomic E-state index is 0.528. The molecule has 0 aliphatic heterocycles. The summed E-state index contributed by atoms with van der Waals surface area (Å²) in [5, 5.41) is 19.0. The van der Waals surface area contributed by atoms with Gasteiger partial charge < -0.3 is 0 Å². The Kier molecular flexibility index (Phi) is 11.3. The lowest BCUT2D eigenvalue weighted by atomic mass is 9.88. The Morgan fingerprint density at radius 2 is 1.18 bits per heavy atom. The van der Waals surface area contributed by atoms with Crippen LogP contribution in [0.2, 0.25) is 0 Å². The standard InChI is InChI=1S/C53H44N2/c1-4-42(45-17-8-13-40(28-45)35-54)15-6-5-12-39-26-49(44-16-7-11-38(3)25-44)31-50(27-39)53-33-51(43-23-21-37(2)22-24-43)32-52(34-53)48-20-10-19-47(30-48)46-18-9-14-41(29-46)36-55/h5-11,13-21,23-34,37H,4,12,22H2,1-3H3/b6-5-,42-15+. The molecule has 0 spiro atoms. The van der Waals surface area contributed by atoms with Crippen molar-refractivity contribution < 1.29 is 0 Å². The molecule has 0 amide bonds. The maximum Gasteiger partial charge on any atom is 0.0991 e. The molecule has 1 atom stereocenters. The van der Waals surface area contributed by atoms with E-state index in [1.807, 2.05) is 36.4 Å². The molecule has 0 saturated carbocycles. The van der Waals surface area contributed by atoms with Gasteiger partial charge in [0.1, 0.15) is 0 Å². The third kappa shape index (κ3) is 8.91. The summed E-state index contributed by atoms with van der Waals surface area (Å²) in [6.07, 6.45) is 16.2. The van der Waals surface area contributed by atoms with Gasteiger partial charge in [-0.15, -0.1) is 0 Å². The van der Waals surface area contributed by atoms with Gasteiger partial charge in [0.15, 0.2) is 0 Å². The van der Waals surface area contributed by atoms with Gasteiger partial charge in [-0.2, -0.15) is 10.5 Å². The molecule has 266 valence electrons. The number of benzene rings is 6. The lowest BCUT2D eigenvalue weighted by Crippen LogP contribution is -1.96. The van der Waals surface area contributed by atoms with E-state index in [9.17, 15) is 10.5 Å². The molecule has 2 heteroatoms. The van der Waals surface area contributed by atoms with Crippen LogP contribution in [-0.4, -0.2) is 0 Å². The normalized spacial score (nSPS) is 14.0. The van der Waals surface area contributed by atoms with Crippen LogP contribution in [0.4, 0.5) is 0 Å². The van der Waals surface area contributed by atoms with Gasteiger partial charge in [0.2, 0.25) is 0 Å². The molecule has 0 saturated heterocycles. The molecule has 1 unspecified atom stereocenters. The maximum atomic E-state index is 9.55. The van der Waals surface area contributed by atoms with E-state index in [4.69, 9.17) is 0 Å². The van der Waals surface area contributed by atoms with Crippen LogP contribution in [0.1, 0.15) is 60.1 Å². The Morgan fingerprint density at radius 1 is 0.636 bits per heavy atom. The summed E-state index contributed by atoms with van der Waals surface area (Å²) in [5.41, 5.74) is 17.7. The molecule has 6 aromatic rings. The lowest BCUT2D eigenvalue weighted by molar-refractivity contribution is 0.739. The monoisotopic (exact) mass is 708 g/mol. The van der Waals surface area contributed by atoms with Crippen LogP contribution >= 0.6 is 0 Å². The van der Waals surface area contributed by atoms with Crippen molar-refractivity contribution in [3.63, 3.8) is 0 Å². The fourth-order valence-electron chi connectivity index (χ4n) is 7.28. The summed E-state index contributed by atoms with van der Waals surface area (Å²) in [6.45, 7) is 6.56. The number of hydrogen-bond acceptors (Lipinski definition) is 2. The zero-order valence-electron chi connectivity index (χ0n) is 31.8. The van der Waals surface area contributed by atoms with Gasteiger partial charge in [-0.1, -0.05) is 135 Å². The third-order valence-electron chi connectivity index (χ3n) is 10.3. The van der Waals surface area contributed by atoms with Crippen LogP contribution in [0.3, 0.4) is 0 Å². The number of hydrogen-bond donors (Lipinski definition) is 0. The van der Waals surface area contributed by atoms with E-state index in [2.05, 4.69) is 166 Å².